The molecule has 0 aromatic heterocycles. The number of hydrogen-bond acceptors (Lipinski definition) is 4. The first-order valence-electron chi connectivity index (χ1n) is 6.43. The number of aromatic carboxylic acids is 1. The van der Waals surface area contributed by atoms with Crippen LogP contribution in [0.5, 0.6) is 0 Å². The van der Waals surface area contributed by atoms with Crippen LogP contribution < -0.4 is 16.4 Å². The predicted molar refractivity (Wildman–Crippen MR) is 79.1 cm³/mol. The Hall–Kier alpha value is -2.41. The van der Waals surface area contributed by atoms with E-state index in [9.17, 15) is 19.5 Å². The van der Waals surface area contributed by atoms with Crippen molar-refractivity contribution < 1.29 is 19.5 Å². The van der Waals surface area contributed by atoms with Gasteiger partial charge in [-0.15, -0.1) is 0 Å². The van der Waals surface area contributed by atoms with Crippen LogP contribution in [0, 0.1) is 5.92 Å². The Morgan fingerprint density at radius 3 is 2.29 bits per heavy atom. The zero-order valence-electron chi connectivity index (χ0n) is 12.1. The summed E-state index contributed by atoms with van der Waals surface area (Å²) in [7, 11) is 0. The van der Waals surface area contributed by atoms with Gasteiger partial charge in [0.15, 0.2) is 0 Å². The Morgan fingerprint density at radius 2 is 1.81 bits per heavy atom. The van der Waals surface area contributed by atoms with Gasteiger partial charge >= 0.3 is 5.97 Å². The molecule has 7 heteroatoms. The SMILES string of the molecule is CC(=O)Nc1ccc(NC(=O)[C@H](N)C(C)C)c(C(=O)O)c1. The van der Waals surface area contributed by atoms with Gasteiger partial charge in [-0.05, 0) is 24.1 Å². The number of benzene rings is 1. The molecule has 0 saturated carbocycles. The molecular weight excluding hydrogens is 274 g/mol. The highest BCUT2D eigenvalue weighted by Gasteiger charge is 2.20. The Labute approximate surface area is 122 Å². The van der Waals surface area contributed by atoms with E-state index in [1.165, 1.54) is 25.1 Å². The smallest absolute Gasteiger partial charge is 0.337 e. The van der Waals surface area contributed by atoms with E-state index in [0.29, 0.717) is 5.69 Å². The summed E-state index contributed by atoms with van der Waals surface area (Å²) in [4.78, 5) is 34.1. The molecule has 1 atom stereocenters. The molecule has 7 nitrogen and oxygen atoms in total. The van der Waals surface area contributed by atoms with Crippen molar-refractivity contribution >= 4 is 29.2 Å². The van der Waals surface area contributed by atoms with Crippen molar-refractivity contribution in [2.45, 2.75) is 26.8 Å². The van der Waals surface area contributed by atoms with Gasteiger partial charge in [0.25, 0.3) is 0 Å². The summed E-state index contributed by atoms with van der Waals surface area (Å²) in [5.41, 5.74) is 6.07. The van der Waals surface area contributed by atoms with Crippen LogP contribution >= 0.6 is 0 Å². The first-order valence-corrected chi connectivity index (χ1v) is 6.43. The van der Waals surface area contributed by atoms with Gasteiger partial charge in [-0.2, -0.15) is 0 Å². The predicted octanol–water partition coefficient (Wildman–Crippen LogP) is 1.26. The van der Waals surface area contributed by atoms with Crippen molar-refractivity contribution in [3.05, 3.63) is 23.8 Å². The number of rotatable bonds is 5. The summed E-state index contributed by atoms with van der Waals surface area (Å²) in [5, 5.41) is 14.2. The van der Waals surface area contributed by atoms with Crippen molar-refractivity contribution in [2.75, 3.05) is 10.6 Å². The van der Waals surface area contributed by atoms with Gasteiger partial charge in [-0.25, -0.2) is 4.79 Å². The Balaban J connectivity index is 3.04. The number of carboxylic acid groups (broad SMARTS) is 1. The van der Waals surface area contributed by atoms with Crippen LogP contribution in [0.2, 0.25) is 0 Å². The van der Waals surface area contributed by atoms with Crippen LogP contribution in [0.4, 0.5) is 11.4 Å². The molecule has 1 aromatic carbocycles. The molecule has 0 aliphatic rings. The average Bonchev–Trinajstić information content (AvgIpc) is 2.38. The number of carbonyl (C=O) groups excluding carboxylic acids is 2. The first-order chi connectivity index (χ1) is 9.72. The van der Waals surface area contributed by atoms with Crippen LogP contribution in [0.1, 0.15) is 31.1 Å². The van der Waals surface area contributed by atoms with Gasteiger partial charge in [0, 0.05) is 12.6 Å². The molecule has 5 N–H and O–H groups in total. The maximum atomic E-state index is 11.9. The van der Waals surface area contributed by atoms with E-state index in [-0.39, 0.29) is 23.1 Å². The molecular formula is C14H19N3O4. The van der Waals surface area contributed by atoms with Crippen molar-refractivity contribution in [1.82, 2.24) is 0 Å². The van der Waals surface area contributed by atoms with E-state index in [2.05, 4.69) is 10.6 Å². The molecule has 0 aliphatic carbocycles. The third kappa shape index (κ3) is 4.57. The zero-order chi connectivity index (χ0) is 16.2. The quantitative estimate of drug-likeness (QED) is 0.651. The number of amides is 2. The number of anilines is 2. The summed E-state index contributed by atoms with van der Waals surface area (Å²) in [6.45, 7) is 4.91. The lowest BCUT2D eigenvalue weighted by Crippen LogP contribution is -2.40. The van der Waals surface area contributed by atoms with Crippen LogP contribution in [-0.2, 0) is 9.59 Å². The van der Waals surface area contributed by atoms with E-state index in [4.69, 9.17) is 5.73 Å². The maximum absolute atomic E-state index is 11.9. The molecule has 2 amide bonds. The van der Waals surface area contributed by atoms with E-state index < -0.39 is 17.9 Å². The highest BCUT2D eigenvalue weighted by molar-refractivity contribution is 6.03. The molecule has 0 spiro atoms. The Bertz CT molecular complexity index is 569. The largest absolute Gasteiger partial charge is 0.478 e. The Morgan fingerprint density at radius 1 is 1.19 bits per heavy atom. The molecule has 1 aromatic rings. The van der Waals surface area contributed by atoms with Gasteiger partial charge in [0.05, 0.1) is 17.3 Å². The molecule has 0 fully saturated rings. The first kappa shape index (κ1) is 16.6. The van der Waals surface area contributed by atoms with Crippen LogP contribution in [0.15, 0.2) is 18.2 Å². The lowest BCUT2D eigenvalue weighted by molar-refractivity contribution is -0.118. The minimum atomic E-state index is -1.21. The summed E-state index contributed by atoms with van der Waals surface area (Å²) in [6.07, 6.45) is 0. The highest BCUT2D eigenvalue weighted by Crippen LogP contribution is 2.21. The summed E-state index contributed by atoms with van der Waals surface area (Å²) < 4.78 is 0. The number of carbonyl (C=O) groups is 3. The van der Waals surface area contributed by atoms with Crippen LogP contribution in [0.3, 0.4) is 0 Å². The molecule has 0 bridgehead atoms. The van der Waals surface area contributed by atoms with Crippen molar-refractivity contribution in [2.24, 2.45) is 11.7 Å². The molecule has 0 heterocycles. The second-order valence-corrected chi connectivity index (χ2v) is 5.01. The minimum absolute atomic E-state index is 0.0723. The monoisotopic (exact) mass is 293 g/mol. The summed E-state index contributed by atoms with van der Waals surface area (Å²) in [6, 6.07) is 3.46. The lowest BCUT2D eigenvalue weighted by Gasteiger charge is -2.17. The fourth-order valence-corrected chi connectivity index (χ4v) is 1.63. The van der Waals surface area contributed by atoms with E-state index >= 15 is 0 Å². The number of nitrogens with two attached hydrogens (primary N) is 1. The van der Waals surface area contributed by atoms with Gasteiger partial charge in [0.2, 0.25) is 11.8 Å². The number of hydrogen-bond donors (Lipinski definition) is 4. The molecule has 114 valence electrons. The lowest BCUT2D eigenvalue weighted by atomic mass is 10.0. The van der Waals surface area contributed by atoms with Gasteiger partial charge < -0.3 is 21.5 Å². The van der Waals surface area contributed by atoms with Crippen LogP contribution in [0.25, 0.3) is 0 Å². The zero-order valence-corrected chi connectivity index (χ0v) is 12.1. The fourth-order valence-electron chi connectivity index (χ4n) is 1.63. The van der Waals surface area contributed by atoms with Gasteiger partial charge in [-0.3, -0.25) is 9.59 Å². The Kier molecular flexibility index (Phi) is 5.43. The molecule has 21 heavy (non-hydrogen) atoms. The van der Waals surface area contributed by atoms with Gasteiger partial charge in [0.1, 0.15) is 0 Å². The third-order valence-corrected chi connectivity index (χ3v) is 2.85. The van der Waals surface area contributed by atoms with Crippen molar-refractivity contribution in [1.29, 1.82) is 0 Å². The fraction of sp³-hybridized carbons (Fsp3) is 0.357. The topological polar surface area (TPSA) is 122 Å². The van der Waals surface area contributed by atoms with Gasteiger partial charge in [-0.1, -0.05) is 13.8 Å². The van der Waals surface area contributed by atoms with E-state index in [0.717, 1.165) is 0 Å². The van der Waals surface area contributed by atoms with E-state index in [1.54, 1.807) is 13.8 Å². The molecule has 0 unspecified atom stereocenters. The number of carboxylic acids is 1. The second-order valence-electron chi connectivity index (χ2n) is 5.01. The average molecular weight is 293 g/mol. The maximum Gasteiger partial charge on any atom is 0.337 e. The van der Waals surface area contributed by atoms with E-state index in [1.807, 2.05) is 0 Å². The summed E-state index contributed by atoms with van der Waals surface area (Å²) in [5.74, 6) is -2.06. The third-order valence-electron chi connectivity index (χ3n) is 2.85. The molecule has 0 aliphatic heterocycles. The standard InChI is InChI=1S/C14H19N3O4/c1-7(2)12(15)13(19)17-11-5-4-9(16-8(3)18)6-10(11)14(20)21/h4-7,12H,15H2,1-3H3,(H,16,18)(H,17,19)(H,20,21)/t12-/m1/s1. The minimum Gasteiger partial charge on any atom is -0.478 e. The molecule has 0 saturated heterocycles. The normalized spacial score (nSPS) is 11.9. The highest BCUT2D eigenvalue weighted by atomic mass is 16.4. The van der Waals surface area contributed by atoms with Crippen molar-refractivity contribution in [3.8, 4) is 0 Å². The second kappa shape index (κ2) is 6.85. The van der Waals surface area contributed by atoms with Crippen LogP contribution in [-0.4, -0.2) is 28.9 Å². The number of nitrogens with one attached hydrogen (secondary N) is 2. The molecule has 1 rings (SSSR count). The van der Waals surface area contributed by atoms with Crippen molar-refractivity contribution in [3.63, 3.8) is 0 Å². The molecule has 0 radical (unpaired) electrons. The summed E-state index contributed by atoms with van der Waals surface area (Å²) >= 11 is 0.